The quantitative estimate of drug-likeness (QED) is 0.332. The molecule has 2 fully saturated rings. The van der Waals surface area contributed by atoms with Gasteiger partial charge in [-0.3, -0.25) is 0 Å². The van der Waals surface area contributed by atoms with Gasteiger partial charge in [0.25, 0.3) is 0 Å². The topological polar surface area (TPSA) is 52.0 Å². The number of hydrogen-bond donors (Lipinski definition) is 0. The SMILES string of the molecule is CN1C[C@H]2C[C@H](N=[N+]=[N-])C[C@H]2C1. The van der Waals surface area contributed by atoms with Crippen molar-refractivity contribution in [3.05, 3.63) is 10.4 Å². The fourth-order valence-electron chi connectivity index (χ4n) is 2.67. The van der Waals surface area contributed by atoms with Crippen molar-refractivity contribution in [3.63, 3.8) is 0 Å². The third-order valence-electron chi connectivity index (χ3n) is 3.12. The molecule has 12 heavy (non-hydrogen) atoms. The van der Waals surface area contributed by atoms with E-state index in [0.717, 1.165) is 24.7 Å². The van der Waals surface area contributed by atoms with Crippen molar-refractivity contribution < 1.29 is 0 Å². The van der Waals surface area contributed by atoms with Gasteiger partial charge in [-0.05, 0) is 37.3 Å². The van der Waals surface area contributed by atoms with Crippen molar-refractivity contribution in [3.8, 4) is 0 Å². The highest BCUT2D eigenvalue weighted by atomic mass is 15.2. The van der Waals surface area contributed by atoms with E-state index in [4.69, 9.17) is 5.53 Å². The zero-order chi connectivity index (χ0) is 8.55. The van der Waals surface area contributed by atoms with E-state index in [2.05, 4.69) is 22.0 Å². The molecule has 4 heteroatoms. The maximum Gasteiger partial charge on any atom is 0.0380 e. The van der Waals surface area contributed by atoms with Gasteiger partial charge in [0, 0.05) is 24.0 Å². The molecule has 0 bridgehead atoms. The van der Waals surface area contributed by atoms with Gasteiger partial charge in [-0.25, -0.2) is 0 Å². The van der Waals surface area contributed by atoms with Crippen LogP contribution in [0.1, 0.15) is 12.8 Å². The first-order valence-electron chi connectivity index (χ1n) is 4.52. The molecule has 3 atom stereocenters. The maximum atomic E-state index is 8.29. The summed E-state index contributed by atoms with van der Waals surface area (Å²) in [6.45, 7) is 2.39. The van der Waals surface area contributed by atoms with E-state index in [-0.39, 0.29) is 0 Å². The van der Waals surface area contributed by atoms with Gasteiger partial charge in [0.1, 0.15) is 0 Å². The van der Waals surface area contributed by atoms with Crippen LogP contribution in [0.5, 0.6) is 0 Å². The van der Waals surface area contributed by atoms with Crippen LogP contribution in [-0.4, -0.2) is 31.1 Å². The van der Waals surface area contributed by atoms with E-state index in [9.17, 15) is 0 Å². The monoisotopic (exact) mass is 166 g/mol. The van der Waals surface area contributed by atoms with Crippen LogP contribution in [0.25, 0.3) is 10.4 Å². The Morgan fingerprint density at radius 1 is 1.33 bits per heavy atom. The Kier molecular flexibility index (Phi) is 1.95. The van der Waals surface area contributed by atoms with E-state index in [0.29, 0.717) is 6.04 Å². The lowest BCUT2D eigenvalue weighted by Gasteiger charge is -2.09. The molecule has 0 aromatic rings. The summed E-state index contributed by atoms with van der Waals surface area (Å²) in [6.07, 6.45) is 2.22. The third kappa shape index (κ3) is 1.28. The van der Waals surface area contributed by atoms with Gasteiger partial charge in [-0.1, -0.05) is 5.11 Å². The van der Waals surface area contributed by atoms with Crippen LogP contribution in [0, 0.1) is 11.8 Å². The largest absolute Gasteiger partial charge is 0.306 e. The summed E-state index contributed by atoms with van der Waals surface area (Å²) >= 11 is 0. The normalized spacial score (nSPS) is 40.9. The van der Waals surface area contributed by atoms with Crippen molar-refractivity contribution in [1.82, 2.24) is 4.90 Å². The predicted octanol–water partition coefficient (Wildman–Crippen LogP) is 1.64. The molecule has 0 unspecified atom stereocenters. The first-order valence-corrected chi connectivity index (χ1v) is 4.52. The van der Waals surface area contributed by atoms with Crippen LogP contribution in [-0.2, 0) is 0 Å². The summed E-state index contributed by atoms with van der Waals surface area (Å²) in [5, 5.41) is 3.79. The molecule has 1 saturated carbocycles. The second-order valence-corrected chi connectivity index (χ2v) is 4.07. The first kappa shape index (κ1) is 7.90. The van der Waals surface area contributed by atoms with E-state index >= 15 is 0 Å². The van der Waals surface area contributed by atoms with Crippen LogP contribution in [0.4, 0.5) is 0 Å². The molecule has 2 rings (SSSR count). The number of hydrogen-bond acceptors (Lipinski definition) is 2. The Morgan fingerprint density at radius 2 is 1.92 bits per heavy atom. The van der Waals surface area contributed by atoms with Gasteiger partial charge in [0.05, 0.1) is 0 Å². The Hall–Kier alpha value is -0.730. The average Bonchev–Trinajstić information content (AvgIpc) is 2.44. The third-order valence-corrected chi connectivity index (χ3v) is 3.12. The summed E-state index contributed by atoms with van der Waals surface area (Å²) < 4.78 is 0. The fraction of sp³-hybridized carbons (Fsp3) is 1.00. The van der Waals surface area contributed by atoms with Crippen LogP contribution < -0.4 is 0 Å². The molecule has 1 saturated heterocycles. The second-order valence-electron chi connectivity index (χ2n) is 4.07. The van der Waals surface area contributed by atoms with Gasteiger partial charge in [-0.2, -0.15) is 0 Å². The Balaban J connectivity index is 1.97. The van der Waals surface area contributed by atoms with Crippen molar-refractivity contribution in [2.24, 2.45) is 17.0 Å². The lowest BCUT2D eigenvalue weighted by Crippen LogP contribution is -2.17. The molecule has 66 valence electrons. The Morgan fingerprint density at radius 3 is 2.42 bits per heavy atom. The summed E-state index contributed by atoms with van der Waals surface area (Å²) in [7, 11) is 2.17. The summed E-state index contributed by atoms with van der Waals surface area (Å²) in [5.41, 5.74) is 8.29. The molecular formula is C8H14N4. The van der Waals surface area contributed by atoms with Gasteiger partial charge >= 0.3 is 0 Å². The van der Waals surface area contributed by atoms with Gasteiger partial charge < -0.3 is 4.90 Å². The zero-order valence-electron chi connectivity index (χ0n) is 7.35. The number of azide groups is 1. The van der Waals surface area contributed by atoms with Gasteiger partial charge in [-0.15, -0.1) is 0 Å². The van der Waals surface area contributed by atoms with Crippen LogP contribution in [0.3, 0.4) is 0 Å². The molecule has 0 radical (unpaired) electrons. The van der Waals surface area contributed by atoms with Gasteiger partial charge in [0.2, 0.25) is 0 Å². The smallest absolute Gasteiger partial charge is 0.0380 e. The molecule has 1 aliphatic heterocycles. The van der Waals surface area contributed by atoms with Crippen molar-refractivity contribution >= 4 is 0 Å². The Bertz CT molecular complexity index is 207. The minimum absolute atomic E-state index is 0.290. The molecule has 0 amide bonds. The highest BCUT2D eigenvalue weighted by Crippen LogP contribution is 2.38. The molecule has 1 aliphatic carbocycles. The van der Waals surface area contributed by atoms with E-state index in [1.54, 1.807) is 0 Å². The Labute approximate surface area is 72.2 Å². The first-order chi connectivity index (χ1) is 5.79. The van der Waals surface area contributed by atoms with Gasteiger partial charge in [0.15, 0.2) is 0 Å². The van der Waals surface area contributed by atoms with Crippen LogP contribution in [0.15, 0.2) is 5.11 Å². The van der Waals surface area contributed by atoms with Crippen molar-refractivity contribution in [2.75, 3.05) is 20.1 Å². The minimum Gasteiger partial charge on any atom is -0.306 e. The molecule has 0 spiro atoms. The number of rotatable bonds is 1. The number of nitrogens with zero attached hydrogens (tertiary/aromatic N) is 4. The predicted molar refractivity (Wildman–Crippen MR) is 46.6 cm³/mol. The summed E-state index contributed by atoms with van der Waals surface area (Å²) in [5.74, 6) is 1.59. The fourth-order valence-corrected chi connectivity index (χ4v) is 2.67. The zero-order valence-corrected chi connectivity index (χ0v) is 7.35. The van der Waals surface area contributed by atoms with E-state index in [1.807, 2.05) is 0 Å². The molecule has 2 aliphatic rings. The lowest BCUT2D eigenvalue weighted by atomic mass is 10.0. The molecule has 0 N–H and O–H groups in total. The molecule has 0 aromatic heterocycles. The number of fused-ring (bicyclic) bond motifs is 1. The highest BCUT2D eigenvalue weighted by Gasteiger charge is 2.38. The lowest BCUT2D eigenvalue weighted by molar-refractivity contribution is 0.371. The standard InChI is InChI=1S/C8H14N4/c1-12-4-6-2-8(10-11-9)3-7(6)5-12/h6-8H,2-5H2,1H3/t6-,7+,8+. The summed E-state index contributed by atoms with van der Waals surface area (Å²) in [6, 6.07) is 0.290. The van der Waals surface area contributed by atoms with Crippen LogP contribution >= 0.6 is 0 Å². The van der Waals surface area contributed by atoms with Crippen molar-refractivity contribution in [2.45, 2.75) is 18.9 Å². The minimum atomic E-state index is 0.290. The van der Waals surface area contributed by atoms with E-state index < -0.39 is 0 Å². The molecular weight excluding hydrogens is 152 g/mol. The summed E-state index contributed by atoms with van der Waals surface area (Å²) in [4.78, 5) is 5.25. The van der Waals surface area contributed by atoms with Crippen molar-refractivity contribution in [1.29, 1.82) is 0 Å². The average molecular weight is 166 g/mol. The number of likely N-dealkylation sites (tertiary alicyclic amines) is 1. The molecule has 4 nitrogen and oxygen atoms in total. The molecule has 0 aromatic carbocycles. The maximum absolute atomic E-state index is 8.29. The van der Waals surface area contributed by atoms with E-state index in [1.165, 1.54) is 13.1 Å². The molecule has 1 heterocycles. The van der Waals surface area contributed by atoms with Crippen LogP contribution in [0.2, 0.25) is 0 Å². The highest BCUT2D eigenvalue weighted by molar-refractivity contribution is 4.94. The second kappa shape index (κ2) is 2.96.